The van der Waals surface area contributed by atoms with Gasteiger partial charge in [-0.2, -0.15) is 0 Å². The standard InChI is InChI=1S/C59H114O6/c1-6-8-9-10-11-12-13-14-15-16-17-18-21-24-27-30-33-39-44-49-57(60)63-52-56(53-64-58(61)50-45-40-36-35-38-43-48-55(5)7-2)65-59(62)51-46-41-34-31-28-25-22-19-20-23-26-29-32-37-42-47-54(3)4/h54-56H,6-53H2,1-5H3/t55?,56-/m0/s1. The lowest BCUT2D eigenvalue weighted by molar-refractivity contribution is -0.167. The number of hydrogen-bond donors (Lipinski definition) is 0. The molecule has 0 radical (unpaired) electrons. The Labute approximate surface area is 406 Å². The lowest BCUT2D eigenvalue weighted by atomic mass is 10.00. The van der Waals surface area contributed by atoms with E-state index < -0.39 is 6.10 Å². The van der Waals surface area contributed by atoms with Crippen molar-refractivity contribution < 1.29 is 28.6 Å². The zero-order chi connectivity index (χ0) is 47.5. The first-order chi connectivity index (χ1) is 31.8. The van der Waals surface area contributed by atoms with Crippen molar-refractivity contribution in [2.24, 2.45) is 11.8 Å². The predicted octanol–water partition coefficient (Wildman–Crippen LogP) is 19.3. The summed E-state index contributed by atoms with van der Waals surface area (Å²) in [5.74, 6) is 0.819. The maximum atomic E-state index is 12.8. The molecule has 1 unspecified atom stereocenters. The molecule has 0 amide bonds. The molecule has 0 rings (SSSR count). The van der Waals surface area contributed by atoms with Crippen molar-refractivity contribution in [2.45, 2.75) is 336 Å². The lowest BCUT2D eigenvalue weighted by Gasteiger charge is -2.18. The molecule has 0 N–H and O–H groups in total. The first-order valence-electron chi connectivity index (χ1n) is 29.3. The minimum absolute atomic E-state index is 0.0634. The molecule has 0 aliphatic carbocycles. The van der Waals surface area contributed by atoms with E-state index in [2.05, 4.69) is 34.6 Å². The van der Waals surface area contributed by atoms with E-state index in [1.165, 1.54) is 218 Å². The highest BCUT2D eigenvalue weighted by atomic mass is 16.6. The van der Waals surface area contributed by atoms with E-state index >= 15 is 0 Å². The van der Waals surface area contributed by atoms with Gasteiger partial charge in [-0.15, -0.1) is 0 Å². The molecule has 0 saturated carbocycles. The number of hydrogen-bond acceptors (Lipinski definition) is 6. The van der Waals surface area contributed by atoms with E-state index in [-0.39, 0.29) is 31.1 Å². The first-order valence-corrected chi connectivity index (χ1v) is 29.3. The monoisotopic (exact) mass is 919 g/mol. The summed E-state index contributed by atoms with van der Waals surface area (Å²) in [6.07, 6.45) is 55.3. The minimum atomic E-state index is -0.763. The van der Waals surface area contributed by atoms with Gasteiger partial charge in [-0.25, -0.2) is 0 Å². The van der Waals surface area contributed by atoms with Gasteiger partial charge in [-0.1, -0.05) is 291 Å². The molecular weight excluding hydrogens is 805 g/mol. The smallest absolute Gasteiger partial charge is 0.306 e. The molecule has 0 aliphatic heterocycles. The number of unbranched alkanes of at least 4 members (excludes halogenated alkanes) is 37. The summed E-state index contributed by atoms with van der Waals surface area (Å²) in [5.41, 5.74) is 0. The molecule has 0 saturated heterocycles. The van der Waals surface area contributed by atoms with Crippen LogP contribution in [-0.4, -0.2) is 37.2 Å². The van der Waals surface area contributed by atoms with Gasteiger partial charge in [0, 0.05) is 19.3 Å². The molecular formula is C59H114O6. The van der Waals surface area contributed by atoms with Crippen molar-refractivity contribution in [2.75, 3.05) is 13.2 Å². The Bertz CT molecular complexity index is 995. The highest BCUT2D eigenvalue weighted by Crippen LogP contribution is 2.19. The fraction of sp³-hybridized carbons (Fsp3) is 0.949. The maximum absolute atomic E-state index is 12.8. The molecule has 6 heteroatoms. The maximum Gasteiger partial charge on any atom is 0.306 e. The highest BCUT2D eigenvalue weighted by Gasteiger charge is 2.19. The summed E-state index contributed by atoms with van der Waals surface area (Å²) in [6.45, 7) is 11.4. The van der Waals surface area contributed by atoms with Gasteiger partial charge in [0.25, 0.3) is 0 Å². The Morgan fingerprint density at radius 1 is 0.323 bits per heavy atom. The van der Waals surface area contributed by atoms with Crippen molar-refractivity contribution in [1.82, 2.24) is 0 Å². The van der Waals surface area contributed by atoms with Gasteiger partial charge in [0.2, 0.25) is 0 Å². The van der Waals surface area contributed by atoms with Gasteiger partial charge in [-0.3, -0.25) is 14.4 Å². The quantitative estimate of drug-likeness (QED) is 0.0344. The third-order valence-corrected chi connectivity index (χ3v) is 13.8. The SMILES string of the molecule is CCCCCCCCCCCCCCCCCCCCCC(=O)OC[C@@H](COC(=O)CCCCCCCCC(C)CC)OC(=O)CCCCCCCCCCCCCCCCCC(C)C. The van der Waals surface area contributed by atoms with Gasteiger partial charge >= 0.3 is 17.9 Å². The molecule has 0 aromatic carbocycles. The number of carbonyl (C=O) groups excluding carboxylic acids is 3. The largest absolute Gasteiger partial charge is 0.462 e. The number of rotatable bonds is 53. The van der Waals surface area contributed by atoms with Crippen molar-refractivity contribution in [3.63, 3.8) is 0 Å². The Morgan fingerprint density at radius 3 is 0.877 bits per heavy atom. The van der Waals surface area contributed by atoms with E-state index in [1.54, 1.807) is 0 Å². The summed E-state index contributed by atoms with van der Waals surface area (Å²) in [4.78, 5) is 38.1. The second-order valence-corrected chi connectivity index (χ2v) is 21.0. The Kier molecular flexibility index (Phi) is 50.5. The molecule has 0 fully saturated rings. The Morgan fingerprint density at radius 2 is 0.585 bits per heavy atom. The molecule has 65 heavy (non-hydrogen) atoms. The van der Waals surface area contributed by atoms with Crippen LogP contribution in [0.5, 0.6) is 0 Å². The fourth-order valence-corrected chi connectivity index (χ4v) is 9.02. The van der Waals surface area contributed by atoms with Gasteiger partial charge in [0.1, 0.15) is 13.2 Å². The van der Waals surface area contributed by atoms with E-state index in [0.29, 0.717) is 19.3 Å². The summed E-state index contributed by atoms with van der Waals surface area (Å²) < 4.78 is 16.9. The third kappa shape index (κ3) is 51.6. The van der Waals surface area contributed by atoms with Gasteiger partial charge in [-0.05, 0) is 31.1 Å². The normalized spacial score (nSPS) is 12.5. The molecule has 6 nitrogen and oxygen atoms in total. The zero-order valence-electron chi connectivity index (χ0n) is 44.6. The van der Waals surface area contributed by atoms with Crippen LogP contribution in [0.3, 0.4) is 0 Å². The highest BCUT2D eigenvalue weighted by molar-refractivity contribution is 5.71. The molecule has 0 spiro atoms. The average Bonchev–Trinajstić information content (AvgIpc) is 3.29. The van der Waals surface area contributed by atoms with Crippen LogP contribution in [0, 0.1) is 11.8 Å². The number of esters is 3. The molecule has 386 valence electrons. The van der Waals surface area contributed by atoms with Crippen molar-refractivity contribution in [1.29, 1.82) is 0 Å². The molecule has 0 aromatic rings. The molecule has 2 atom stereocenters. The summed E-state index contributed by atoms with van der Waals surface area (Å²) in [5, 5.41) is 0. The van der Waals surface area contributed by atoms with Gasteiger partial charge in [0.05, 0.1) is 0 Å². The van der Waals surface area contributed by atoms with E-state index in [4.69, 9.17) is 14.2 Å². The predicted molar refractivity (Wildman–Crippen MR) is 280 cm³/mol. The minimum Gasteiger partial charge on any atom is -0.462 e. The number of ether oxygens (including phenoxy) is 3. The first kappa shape index (κ1) is 63.4. The zero-order valence-corrected chi connectivity index (χ0v) is 44.6. The van der Waals surface area contributed by atoms with Crippen LogP contribution in [0.15, 0.2) is 0 Å². The Hall–Kier alpha value is -1.59. The molecule has 0 aliphatic rings. The van der Waals surface area contributed by atoms with E-state index in [0.717, 1.165) is 69.6 Å². The van der Waals surface area contributed by atoms with Gasteiger partial charge < -0.3 is 14.2 Å². The van der Waals surface area contributed by atoms with Crippen molar-refractivity contribution in [3.05, 3.63) is 0 Å². The molecule has 0 bridgehead atoms. The van der Waals surface area contributed by atoms with Crippen LogP contribution in [0.4, 0.5) is 0 Å². The molecule has 0 heterocycles. The van der Waals surface area contributed by atoms with E-state index in [9.17, 15) is 14.4 Å². The van der Waals surface area contributed by atoms with Crippen LogP contribution in [-0.2, 0) is 28.6 Å². The van der Waals surface area contributed by atoms with Gasteiger partial charge in [0.15, 0.2) is 6.10 Å². The molecule has 0 aromatic heterocycles. The topological polar surface area (TPSA) is 78.9 Å². The number of carbonyl (C=O) groups is 3. The van der Waals surface area contributed by atoms with Crippen LogP contribution >= 0.6 is 0 Å². The van der Waals surface area contributed by atoms with E-state index in [1.807, 2.05) is 0 Å². The van der Waals surface area contributed by atoms with Crippen LogP contribution in [0.1, 0.15) is 330 Å². The van der Waals surface area contributed by atoms with Crippen LogP contribution < -0.4 is 0 Å². The van der Waals surface area contributed by atoms with Crippen LogP contribution in [0.2, 0.25) is 0 Å². The lowest BCUT2D eigenvalue weighted by Crippen LogP contribution is -2.30. The van der Waals surface area contributed by atoms with Crippen molar-refractivity contribution >= 4 is 17.9 Å². The Balaban J connectivity index is 4.23. The second-order valence-electron chi connectivity index (χ2n) is 21.0. The van der Waals surface area contributed by atoms with Crippen molar-refractivity contribution in [3.8, 4) is 0 Å². The fourth-order valence-electron chi connectivity index (χ4n) is 9.02. The summed E-state index contributed by atoms with van der Waals surface area (Å²) in [6, 6.07) is 0. The average molecular weight is 920 g/mol. The van der Waals surface area contributed by atoms with Crippen LogP contribution in [0.25, 0.3) is 0 Å². The summed E-state index contributed by atoms with van der Waals surface area (Å²) in [7, 11) is 0. The second kappa shape index (κ2) is 51.8. The summed E-state index contributed by atoms with van der Waals surface area (Å²) >= 11 is 0. The third-order valence-electron chi connectivity index (χ3n) is 13.8.